The molecule has 0 saturated heterocycles. The lowest BCUT2D eigenvalue weighted by Crippen LogP contribution is -2.43. The molecule has 1 aliphatic rings. The van der Waals surface area contributed by atoms with E-state index in [1.165, 1.54) is 6.42 Å². The van der Waals surface area contributed by atoms with E-state index in [0.717, 1.165) is 31.4 Å². The van der Waals surface area contributed by atoms with Crippen LogP contribution >= 0.6 is 0 Å². The molecule has 1 aromatic rings. The van der Waals surface area contributed by atoms with Gasteiger partial charge in [0.25, 0.3) is 0 Å². The van der Waals surface area contributed by atoms with E-state index in [0.29, 0.717) is 6.42 Å². The van der Waals surface area contributed by atoms with Gasteiger partial charge in [0, 0.05) is 7.11 Å². The van der Waals surface area contributed by atoms with Gasteiger partial charge in [-0.25, -0.2) is 0 Å². The molecule has 3 heteroatoms. The molecule has 1 fully saturated rings. The highest BCUT2D eigenvalue weighted by molar-refractivity contribution is 5.88. The van der Waals surface area contributed by atoms with Gasteiger partial charge in [0.1, 0.15) is 11.4 Å². The standard InChI is InChI=1S/C13H18O3/c1-15-13(7-3-2-4-8-13)12(14)10-11-6-5-9-16-11/h5-6,9H,2-4,7-8,10H2,1H3. The summed E-state index contributed by atoms with van der Waals surface area (Å²) in [5.74, 6) is 0.886. The molecule has 0 bridgehead atoms. The van der Waals surface area contributed by atoms with Crippen LogP contribution in [-0.4, -0.2) is 18.5 Å². The number of Topliss-reactive ketones (excluding diaryl/α,β-unsaturated/α-hetero) is 1. The van der Waals surface area contributed by atoms with Crippen molar-refractivity contribution in [2.45, 2.75) is 44.1 Å². The predicted octanol–water partition coefficient (Wildman–Crippen LogP) is 2.74. The van der Waals surface area contributed by atoms with Gasteiger partial charge in [-0.1, -0.05) is 19.3 Å². The lowest BCUT2D eigenvalue weighted by molar-refractivity contribution is -0.144. The van der Waals surface area contributed by atoms with E-state index in [-0.39, 0.29) is 5.78 Å². The molecule has 0 aromatic carbocycles. The number of ketones is 1. The molecule has 0 N–H and O–H groups in total. The molecule has 0 aliphatic heterocycles. The molecule has 0 unspecified atom stereocenters. The van der Waals surface area contributed by atoms with Crippen molar-refractivity contribution in [2.24, 2.45) is 0 Å². The molecule has 1 saturated carbocycles. The maximum absolute atomic E-state index is 12.2. The highest BCUT2D eigenvalue weighted by Gasteiger charge is 2.39. The van der Waals surface area contributed by atoms with Gasteiger partial charge in [-0.05, 0) is 25.0 Å². The number of furan rings is 1. The molecule has 0 atom stereocenters. The normalized spacial score (nSPS) is 19.6. The van der Waals surface area contributed by atoms with Gasteiger partial charge in [0.15, 0.2) is 5.78 Å². The third kappa shape index (κ3) is 2.19. The number of hydrogen-bond donors (Lipinski definition) is 0. The van der Waals surface area contributed by atoms with Crippen molar-refractivity contribution in [3.05, 3.63) is 24.2 Å². The van der Waals surface area contributed by atoms with Gasteiger partial charge in [-0.2, -0.15) is 0 Å². The van der Waals surface area contributed by atoms with E-state index in [9.17, 15) is 4.79 Å². The highest BCUT2D eigenvalue weighted by atomic mass is 16.5. The van der Waals surface area contributed by atoms with Gasteiger partial charge < -0.3 is 9.15 Å². The Kier molecular flexibility index (Phi) is 3.44. The van der Waals surface area contributed by atoms with E-state index in [2.05, 4.69) is 0 Å². The quantitative estimate of drug-likeness (QED) is 0.786. The maximum atomic E-state index is 12.2. The van der Waals surface area contributed by atoms with Gasteiger partial charge in [0.2, 0.25) is 0 Å². The van der Waals surface area contributed by atoms with Crippen molar-refractivity contribution >= 4 is 5.78 Å². The Balaban J connectivity index is 2.06. The van der Waals surface area contributed by atoms with E-state index in [4.69, 9.17) is 9.15 Å². The van der Waals surface area contributed by atoms with Crippen LogP contribution in [0.4, 0.5) is 0 Å². The summed E-state index contributed by atoms with van der Waals surface area (Å²) in [5.41, 5.74) is -0.551. The molecule has 0 radical (unpaired) electrons. The summed E-state index contributed by atoms with van der Waals surface area (Å²) in [6.45, 7) is 0. The van der Waals surface area contributed by atoms with Crippen LogP contribution in [0.5, 0.6) is 0 Å². The van der Waals surface area contributed by atoms with Crippen molar-refractivity contribution in [2.75, 3.05) is 7.11 Å². The topological polar surface area (TPSA) is 39.4 Å². The lowest BCUT2D eigenvalue weighted by atomic mass is 9.80. The monoisotopic (exact) mass is 222 g/mol. The van der Waals surface area contributed by atoms with Crippen molar-refractivity contribution < 1.29 is 13.9 Å². The Bertz CT molecular complexity index is 334. The second kappa shape index (κ2) is 4.83. The first-order valence-corrected chi connectivity index (χ1v) is 5.88. The molecule has 2 rings (SSSR count). The van der Waals surface area contributed by atoms with Gasteiger partial charge in [-0.15, -0.1) is 0 Å². The minimum absolute atomic E-state index is 0.157. The maximum Gasteiger partial charge on any atom is 0.172 e. The van der Waals surface area contributed by atoms with Gasteiger partial charge in [0.05, 0.1) is 12.7 Å². The Hall–Kier alpha value is -1.09. The molecule has 0 spiro atoms. The van der Waals surface area contributed by atoms with Crippen molar-refractivity contribution in [1.82, 2.24) is 0 Å². The van der Waals surface area contributed by atoms with Crippen molar-refractivity contribution in [1.29, 1.82) is 0 Å². The summed E-state index contributed by atoms with van der Waals surface area (Å²) in [5, 5.41) is 0. The van der Waals surface area contributed by atoms with Crippen molar-refractivity contribution in [3.8, 4) is 0 Å². The molecule has 88 valence electrons. The lowest BCUT2D eigenvalue weighted by Gasteiger charge is -2.34. The second-order valence-electron chi connectivity index (χ2n) is 4.44. The third-order valence-electron chi connectivity index (χ3n) is 3.48. The Morgan fingerprint density at radius 2 is 2.19 bits per heavy atom. The fraction of sp³-hybridized carbons (Fsp3) is 0.615. The first-order valence-electron chi connectivity index (χ1n) is 5.88. The molecule has 1 heterocycles. The number of carbonyl (C=O) groups excluding carboxylic acids is 1. The minimum atomic E-state index is -0.551. The Morgan fingerprint density at radius 1 is 1.44 bits per heavy atom. The van der Waals surface area contributed by atoms with Crippen LogP contribution in [0, 0.1) is 0 Å². The Morgan fingerprint density at radius 3 is 2.75 bits per heavy atom. The summed E-state index contributed by atoms with van der Waals surface area (Å²) >= 11 is 0. The average Bonchev–Trinajstić information content (AvgIpc) is 2.82. The van der Waals surface area contributed by atoms with Gasteiger partial charge >= 0.3 is 0 Å². The SMILES string of the molecule is COC1(C(=O)Cc2ccco2)CCCCC1. The molecule has 1 aromatic heterocycles. The number of carbonyl (C=O) groups is 1. The largest absolute Gasteiger partial charge is 0.469 e. The first-order chi connectivity index (χ1) is 7.77. The van der Waals surface area contributed by atoms with E-state index in [1.807, 2.05) is 12.1 Å². The minimum Gasteiger partial charge on any atom is -0.469 e. The summed E-state index contributed by atoms with van der Waals surface area (Å²) in [6, 6.07) is 3.65. The van der Waals surface area contributed by atoms with Crippen LogP contribution in [0.15, 0.2) is 22.8 Å². The first kappa shape index (κ1) is 11.4. The number of hydrogen-bond acceptors (Lipinski definition) is 3. The van der Waals surface area contributed by atoms with Crippen LogP contribution in [-0.2, 0) is 16.0 Å². The zero-order valence-corrected chi connectivity index (χ0v) is 9.70. The fourth-order valence-corrected chi connectivity index (χ4v) is 2.45. The number of rotatable bonds is 4. The third-order valence-corrected chi connectivity index (χ3v) is 3.48. The summed E-state index contributed by atoms with van der Waals surface area (Å²) in [6.07, 6.45) is 7.02. The van der Waals surface area contributed by atoms with Crippen LogP contribution in [0.2, 0.25) is 0 Å². The van der Waals surface area contributed by atoms with Crippen molar-refractivity contribution in [3.63, 3.8) is 0 Å². The summed E-state index contributed by atoms with van der Waals surface area (Å²) in [4.78, 5) is 12.2. The molecule has 0 amide bonds. The summed E-state index contributed by atoms with van der Waals surface area (Å²) < 4.78 is 10.7. The molecule has 1 aliphatic carbocycles. The predicted molar refractivity (Wildman–Crippen MR) is 60.2 cm³/mol. The molecule has 16 heavy (non-hydrogen) atoms. The van der Waals surface area contributed by atoms with Crippen LogP contribution in [0.25, 0.3) is 0 Å². The number of ether oxygens (including phenoxy) is 1. The van der Waals surface area contributed by atoms with Gasteiger partial charge in [-0.3, -0.25) is 4.79 Å². The number of methoxy groups -OCH3 is 1. The second-order valence-corrected chi connectivity index (χ2v) is 4.44. The highest BCUT2D eigenvalue weighted by Crippen LogP contribution is 2.32. The molecule has 3 nitrogen and oxygen atoms in total. The zero-order valence-electron chi connectivity index (χ0n) is 9.70. The molecular weight excluding hydrogens is 204 g/mol. The smallest absolute Gasteiger partial charge is 0.172 e. The van der Waals surface area contributed by atoms with Crippen LogP contribution in [0.3, 0.4) is 0 Å². The summed E-state index contributed by atoms with van der Waals surface area (Å²) in [7, 11) is 1.64. The Labute approximate surface area is 95.8 Å². The van der Waals surface area contributed by atoms with Crippen LogP contribution in [0.1, 0.15) is 37.9 Å². The molecular formula is C13H18O3. The average molecular weight is 222 g/mol. The zero-order chi connectivity index (χ0) is 11.4. The van der Waals surface area contributed by atoms with E-state index >= 15 is 0 Å². The van der Waals surface area contributed by atoms with Crippen LogP contribution < -0.4 is 0 Å². The fourth-order valence-electron chi connectivity index (χ4n) is 2.45. The van der Waals surface area contributed by atoms with E-state index in [1.54, 1.807) is 13.4 Å². The van der Waals surface area contributed by atoms with E-state index < -0.39 is 5.60 Å².